The highest BCUT2D eigenvalue weighted by Gasteiger charge is 2.19. The number of carboxylic acids is 1. The Hall–Kier alpha value is -2.67. The molecule has 3 rings (SSSR count). The predicted molar refractivity (Wildman–Crippen MR) is 95.4 cm³/mol. The summed E-state index contributed by atoms with van der Waals surface area (Å²) in [6.07, 6.45) is 4.04. The van der Waals surface area contributed by atoms with Crippen LogP contribution in [0.1, 0.15) is 43.0 Å². The van der Waals surface area contributed by atoms with Gasteiger partial charge in [-0.25, -0.2) is 9.97 Å². The van der Waals surface area contributed by atoms with Gasteiger partial charge in [0.1, 0.15) is 5.75 Å². The van der Waals surface area contributed by atoms with Crippen molar-refractivity contribution in [1.29, 1.82) is 0 Å². The number of halogens is 1. The van der Waals surface area contributed by atoms with E-state index >= 15 is 0 Å². The molecule has 0 fully saturated rings. The lowest BCUT2D eigenvalue weighted by atomic mass is 10.1. The fourth-order valence-corrected chi connectivity index (χ4v) is 2.73. The Balaban J connectivity index is 1.86. The van der Waals surface area contributed by atoms with Gasteiger partial charge in [0.2, 0.25) is 0 Å². The second kappa shape index (κ2) is 7.70. The Labute approximate surface area is 155 Å². The Morgan fingerprint density at radius 2 is 2.08 bits per heavy atom. The average Bonchev–Trinajstić information content (AvgIpc) is 3.00. The van der Waals surface area contributed by atoms with Crippen LogP contribution in [0, 0.1) is 6.92 Å². The smallest absolute Gasteiger partial charge is 0.303 e. The molecule has 3 aromatic rings. The minimum atomic E-state index is -0.893. The van der Waals surface area contributed by atoms with Crippen LogP contribution in [0.15, 0.2) is 29.0 Å². The second-order valence-electron chi connectivity index (χ2n) is 5.94. The number of aryl methyl sites for hydroxylation is 2. The maximum atomic E-state index is 10.7. The van der Waals surface area contributed by atoms with Crippen LogP contribution in [-0.4, -0.2) is 26.2 Å². The van der Waals surface area contributed by atoms with Gasteiger partial charge >= 0.3 is 5.97 Å². The van der Waals surface area contributed by atoms with Crippen LogP contribution in [0.2, 0.25) is 5.02 Å². The molecule has 0 unspecified atom stereocenters. The van der Waals surface area contributed by atoms with Crippen LogP contribution in [-0.2, 0) is 11.2 Å². The summed E-state index contributed by atoms with van der Waals surface area (Å²) in [5.74, 6) is 0.126. The molecule has 1 N–H and O–H groups in total. The number of carbonyl (C=O) groups is 1. The summed E-state index contributed by atoms with van der Waals surface area (Å²) < 4.78 is 11.3. The monoisotopic (exact) mass is 375 g/mol. The fourth-order valence-electron chi connectivity index (χ4n) is 2.53. The standard InChI is InChI=1S/C18H18ClN3O4/c1-3-14(18-20-8-10(2)9-21-18)25-16-7-15-11(6-12(16)19)13(22-26-15)4-5-17(23)24/h6-9,14H,3-5H2,1-2H3,(H,23,24)/t14-/m1/s1. The summed E-state index contributed by atoms with van der Waals surface area (Å²) in [6, 6.07) is 3.34. The number of aliphatic carboxylic acids is 1. The highest BCUT2D eigenvalue weighted by molar-refractivity contribution is 6.32. The van der Waals surface area contributed by atoms with Crippen molar-refractivity contribution in [3.05, 3.63) is 46.6 Å². The number of ether oxygens (including phenoxy) is 1. The van der Waals surface area contributed by atoms with E-state index in [2.05, 4.69) is 15.1 Å². The van der Waals surface area contributed by atoms with Crippen LogP contribution >= 0.6 is 11.6 Å². The van der Waals surface area contributed by atoms with E-state index in [9.17, 15) is 4.79 Å². The van der Waals surface area contributed by atoms with Crippen molar-refractivity contribution >= 4 is 28.5 Å². The third-order valence-corrected chi connectivity index (χ3v) is 4.20. The molecule has 8 heteroatoms. The SMILES string of the molecule is CC[C@@H](Oc1cc2onc(CCC(=O)O)c2cc1Cl)c1ncc(C)cn1. The van der Waals surface area contributed by atoms with Gasteiger partial charge in [0.25, 0.3) is 0 Å². The summed E-state index contributed by atoms with van der Waals surface area (Å²) in [5.41, 5.74) is 2.02. The van der Waals surface area contributed by atoms with Crippen LogP contribution in [0.4, 0.5) is 0 Å². The topological polar surface area (TPSA) is 98.3 Å². The molecule has 0 bridgehead atoms. The maximum Gasteiger partial charge on any atom is 0.303 e. The zero-order valence-corrected chi connectivity index (χ0v) is 15.2. The van der Waals surface area contributed by atoms with Crippen molar-refractivity contribution in [1.82, 2.24) is 15.1 Å². The lowest BCUT2D eigenvalue weighted by Gasteiger charge is -2.17. The Morgan fingerprint density at radius 1 is 1.35 bits per heavy atom. The zero-order valence-electron chi connectivity index (χ0n) is 14.4. The van der Waals surface area contributed by atoms with E-state index in [0.717, 1.165) is 5.56 Å². The van der Waals surface area contributed by atoms with Crippen LogP contribution < -0.4 is 4.74 Å². The van der Waals surface area contributed by atoms with Gasteiger partial charge in [0.05, 0.1) is 17.1 Å². The van der Waals surface area contributed by atoms with E-state index in [1.165, 1.54) is 0 Å². The number of aromatic nitrogens is 3. The number of carboxylic acid groups (broad SMARTS) is 1. The minimum Gasteiger partial charge on any atom is -0.481 e. The molecule has 1 atom stereocenters. The number of hydrogen-bond donors (Lipinski definition) is 1. The first-order valence-electron chi connectivity index (χ1n) is 8.22. The minimum absolute atomic E-state index is 0.0276. The fraction of sp³-hybridized carbons (Fsp3) is 0.333. The Kier molecular flexibility index (Phi) is 5.37. The average molecular weight is 376 g/mol. The van der Waals surface area contributed by atoms with Crippen molar-refractivity contribution in [3.8, 4) is 5.75 Å². The maximum absolute atomic E-state index is 10.7. The second-order valence-corrected chi connectivity index (χ2v) is 6.34. The van der Waals surface area contributed by atoms with Gasteiger partial charge in [-0.2, -0.15) is 0 Å². The first-order valence-corrected chi connectivity index (χ1v) is 8.60. The van der Waals surface area contributed by atoms with Crippen LogP contribution in [0.5, 0.6) is 5.75 Å². The molecule has 0 radical (unpaired) electrons. The highest BCUT2D eigenvalue weighted by atomic mass is 35.5. The summed E-state index contributed by atoms with van der Waals surface area (Å²) >= 11 is 6.36. The van der Waals surface area contributed by atoms with E-state index < -0.39 is 5.97 Å². The molecule has 2 heterocycles. The van der Waals surface area contributed by atoms with E-state index in [-0.39, 0.29) is 18.9 Å². The highest BCUT2D eigenvalue weighted by Crippen LogP contribution is 2.35. The number of fused-ring (bicyclic) bond motifs is 1. The van der Waals surface area contributed by atoms with Gasteiger partial charge in [0, 0.05) is 30.3 Å². The van der Waals surface area contributed by atoms with E-state index in [1.54, 1.807) is 24.5 Å². The first kappa shape index (κ1) is 18.1. The predicted octanol–water partition coefficient (Wildman–Crippen LogP) is 4.13. The summed E-state index contributed by atoms with van der Waals surface area (Å²) in [4.78, 5) is 19.4. The number of nitrogens with zero attached hydrogens (tertiary/aromatic N) is 3. The third-order valence-electron chi connectivity index (χ3n) is 3.90. The van der Waals surface area contributed by atoms with Gasteiger partial charge in [-0.3, -0.25) is 4.79 Å². The molecule has 0 saturated carbocycles. The summed E-state index contributed by atoms with van der Waals surface area (Å²) in [7, 11) is 0. The molecule has 2 aromatic heterocycles. The third kappa shape index (κ3) is 3.94. The molecular formula is C18H18ClN3O4. The quantitative estimate of drug-likeness (QED) is 0.662. The molecule has 0 saturated heterocycles. The zero-order chi connectivity index (χ0) is 18.7. The molecule has 0 aliphatic heterocycles. The molecule has 0 aliphatic rings. The van der Waals surface area contributed by atoms with Gasteiger partial charge in [-0.15, -0.1) is 0 Å². The number of rotatable bonds is 7. The molecule has 0 amide bonds. The molecule has 7 nitrogen and oxygen atoms in total. The van der Waals surface area contributed by atoms with E-state index in [4.69, 9.17) is 26.0 Å². The van der Waals surface area contributed by atoms with Gasteiger partial charge in [-0.05, 0) is 25.0 Å². The lowest BCUT2D eigenvalue weighted by Crippen LogP contribution is -2.11. The molecular weight excluding hydrogens is 358 g/mol. The van der Waals surface area contributed by atoms with Gasteiger partial charge in [-0.1, -0.05) is 23.7 Å². The first-order chi connectivity index (χ1) is 12.5. The summed E-state index contributed by atoms with van der Waals surface area (Å²) in [5, 5.41) is 13.8. The van der Waals surface area contributed by atoms with Crippen molar-refractivity contribution in [2.75, 3.05) is 0 Å². The Morgan fingerprint density at radius 3 is 2.73 bits per heavy atom. The molecule has 0 aliphatic carbocycles. The van der Waals surface area contributed by atoms with Crippen molar-refractivity contribution < 1.29 is 19.2 Å². The van der Waals surface area contributed by atoms with Crippen molar-refractivity contribution in [2.45, 2.75) is 39.2 Å². The van der Waals surface area contributed by atoms with E-state index in [0.29, 0.717) is 39.7 Å². The molecule has 0 spiro atoms. The van der Waals surface area contributed by atoms with E-state index in [1.807, 2.05) is 13.8 Å². The molecule has 136 valence electrons. The van der Waals surface area contributed by atoms with Crippen LogP contribution in [0.3, 0.4) is 0 Å². The normalized spacial score (nSPS) is 12.3. The molecule has 26 heavy (non-hydrogen) atoms. The van der Waals surface area contributed by atoms with Gasteiger partial charge < -0.3 is 14.4 Å². The van der Waals surface area contributed by atoms with Crippen molar-refractivity contribution in [3.63, 3.8) is 0 Å². The lowest BCUT2D eigenvalue weighted by molar-refractivity contribution is -0.136. The number of benzene rings is 1. The summed E-state index contributed by atoms with van der Waals surface area (Å²) in [6.45, 7) is 3.89. The Bertz CT molecular complexity index is 924. The van der Waals surface area contributed by atoms with Crippen molar-refractivity contribution in [2.24, 2.45) is 0 Å². The van der Waals surface area contributed by atoms with Gasteiger partial charge in [0.15, 0.2) is 17.5 Å². The molecule has 1 aromatic carbocycles. The largest absolute Gasteiger partial charge is 0.481 e. The van der Waals surface area contributed by atoms with Crippen LogP contribution in [0.25, 0.3) is 11.0 Å². The number of hydrogen-bond acceptors (Lipinski definition) is 6.